The second-order valence-electron chi connectivity index (χ2n) is 3.10. The van der Waals surface area contributed by atoms with Crippen LogP contribution < -0.4 is 5.32 Å². The van der Waals surface area contributed by atoms with Crippen LogP contribution in [0.5, 0.6) is 0 Å². The number of amidine groups is 1. The van der Waals surface area contributed by atoms with Crippen LogP contribution in [-0.4, -0.2) is 24.3 Å². The Morgan fingerprint density at radius 3 is 3.21 bits per heavy atom. The van der Waals surface area contributed by atoms with Crippen molar-refractivity contribution in [3.05, 3.63) is 34.7 Å². The van der Waals surface area contributed by atoms with Crippen LogP contribution in [0, 0.1) is 0 Å². The van der Waals surface area contributed by atoms with Crippen LogP contribution in [0.15, 0.2) is 39.7 Å². The highest BCUT2D eigenvalue weighted by Crippen LogP contribution is 2.21. The average molecular weight is 254 g/mol. The summed E-state index contributed by atoms with van der Waals surface area (Å²) >= 11 is 3.53. The maximum absolute atomic E-state index is 4.50. The van der Waals surface area contributed by atoms with Crippen molar-refractivity contribution in [2.45, 2.75) is 6.42 Å². The molecule has 0 radical (unpaired) electrons. The number of aliphatic imine (C=N–C) groups is 1. The number of allylic oxidation sites excluding steroid dienone is 2. The molecule has 0 aliphatic carbocycles. The number of rotatable bonds is 1. The topological polar surface area (TPSA) is 27.6 Å². The van der Waals surface area contributed by atoms with Gasteiger partial charge >= 0.3 is 0 Å². The largest absolute Gasteiger partial charge is 0.373 e. The van der Waals surface area contributed by atoms with Crippen LogP contribution >= 0.6 is 15.9 Å². The van der Waals surface area contributed by atoms with E-state index in [-0.39, 0.29) is 0 Å². The third-order valence-corrected chi connectivity index (χ3v) is 2.90. The third kappa shape index (κ3) is 1.75. The van der Waals surface area contributed by atoms with Gasteiger partial charge in [-0.2, -0.15) is 0 Å². The lowest BCUT2D eigenvalue weighted by molar-refractivity contribution is 0.584. The SMILES string of the molecule is CNC1=CCN2C(Br)=CC=CCC2=N1. The molecule has 4 heteroatoms. The second-order valence-corrected chi connectivity index (χ2v) is 3.91. The summed E-state index contributed by atoms with van der Waals surface area (Å²) in [5, 5.41) is 3.06. The van der Waals surface area contributed by atoms with Gasteiger partial charge in [0.2, 0.25) is 0 Å². The van der Waals surface area contributed by atoms with E-state index >= 15 is 0 Å². The number of nitrogens with one attached hydrogen (secondary N) is 1. The number of fused-ring (bicyclic) bond motifs is 1. The quantitative estimate of drug-likeness (QED) is 0.724. The van der Waals surface area contributed by atoms with Gasteiger partial charge in [-0.25, -0.2) is 4.99 Å². The number of nitrogens with zero attached hydrogens (tertiary/aromatic N) is 2. The van der Waals surface area contributed by atoms with E-state index < -0.39 is 0 Å². The lowest BCUT2D eigenvalue weighted by Crippen LogP contribution is -2.32. The Bertz CT molecular complexity index is 352. The normalized spacial score (nSPS) is 20.4. The van der Waals surface area contributed by atoms with Gasteiger partial charge in [0.05, 0.1) is 4.61 Å². The highest BCUT2D eigenvalue weighted by molar-refractivity contribution is 9.11. The molecule has 0 aromatic carbocycles. The molecule has 0 aromatic heterocycles. The van der Waals surface area contributed by atoms with Gasteiger partial charge in [-0.05, 0) is 28.1 Å². The summed E-state index contributed by atoms with van der Waals surface area (Å²) in [7, 11) is 1.89. The molecule has 0 spiro atoms. The minimum atomic E-state index is 0.869. The molecule has 2 rings (SSSR count). The number of hydrogen-bond donors (Lipinski definition) is 1. The van der Waals surface area contributed by atoms with Gasteiger partial charge in [0, 0.05) is 20.0 Å². The third-order valence-electron chi connectivity index (χ3n) is 2.21. The molecule has 0 amide bonds. The monoisotopic (exact) mass is 253 g/mol. The van der Waals surface area contributed by atoms with Crippen molar-refractivity contribution in [2.24, 2.45) is 4.99 Å². The van der Waals surface area contributed by atoms with Crippen molar-refractivity contribution in [2.75, 3.05) is 13.6 Å². The highest BCUT2D eigenvalue weighted by atomic mass is 79.9. The lowest BCUT2D eigenvalue weighted by Gasteiger charge is -2.26. The molecular weight excluding hydrogens is 242 g/mol. The van der Waals surface area contributed by atoms with E-state index in [1.807, 2.05) is 19.2 Å². The first kappa shape index (κ1) is 9.52. The minimum absolute atomic E-state index is 0.869. The molecule has 0 bridgehead atoms. The first-order valence-corrected chi connectivity index (χ1v) is 5.36. The van der Waals surface area contributed by atoms with E-state index in [0.29, 0.717) is 0 Å². The summed E-state index contributed by atoms with van der Waals surface area (Å²) in [5.41, 5.74) is 0. The fourth-order valence-electron chi connectivity index (χ4n) is 1.46. The van der Waals surface area contributed by atoms with Gasteiger partial charge in [0.25, 0.3) is 0 Å². The van der Waals surface area contributed by atoms with Gasteiger partial charge in [-0.1, -0.05) is 12.2 Å². The van der Waals surface area contributed by atoms with Crippen LogP contribution in [0.4, 0.5) is 0 Å². The minimum Gasteiger partial charge on any atom is -0.373 e. The van der Waals surface area contributed by atoms with Crippen LogP contribution in [-0.2, 0) is 0 Å². The predicted octanol–water partition coefficient (Wildman–Crippen LogP) is 1.96. The number of halogens is 1. The van der Waals surface area contributed by atoms with Gasteiger partial charge in [-0.15, -0.1) is 0 Å². The van der Waals surface area contributed by atoms with Crippen molar-refractivity contribution < 1.29 is 0 Å². The Morgan fingerprint density at radius 1 is 1.57 bits per heavy atom. The van der Waals surface area contributed by atoms with Crippen LogP contribution in [0.25, 0.3) is 0 Å². The Kier molecular flexibility index (Phi) is 2.72. The molecule has 2 heterocycles. The Morgan fingerprint density at radius 2 is 2.43 bits per heavy atom. The molecule has 0 saturated carbocycles. The Labute approximate surface area is 92.0 Å². The maximum Gasteiger partial charge on any atom is 0.125 e. The number of hydrogen-bond acceptors (Lipinski definition) is 3. The predicted molar refractivity (Wildman–Crippen MR) is 62.1 cm³/mol. The Balaban J connectivity index is 2.29. The van der Waals surface area contributed by atoms with E-state index in [9.17, 15) is 0 Å². The zero-order valence-corrected chi connectivity index (χ0v) is 9.58. The average Bonchev–Trinajstić information content (AvgIpc) is 2.40. The molecule has 0 atom stereocenters. The van der Waals surface area contributed by atoms with Gasteiger partial charge in [0.15, 0.2) is 0 Å². The van der Waals surface area contributed by atoms with Crippen molar-refractivity contribution >= 4 is 21.8 Å². The van der Waals surface area contributed by atoms with E-state index in [4.69, 9.17) is 0 Å². The molecule has 2 aliphatic heterocycles. The lowest BCUT2D eigenvalue weighted by atomic mass is 10.3. The van der Waals surface area contributed by atoms with E-state index in [1.165, 1.54) is 0 Å². The summed E-state index contributed by atoms with van der Waals surface area (Å²) < 4.78 is 1.07. The standard InChI is InChI=1S/C10H12BrN3/c1-12-9-6-7-14-8(11)4-2-3-5-10(14)13-9/h2-4,6,12H,5,7H2,1H3. The molecule has 0 unspecified atom stereocenters. The second kappa shape index (κ2) is 4.00. The molecule has 0 fully saturated rings. The van der Waals surface area contributed by atoms with E-state index in [0.717, 1.165) is 29.2 Å². The van der Waals surface area contributed by atoms with Gasteiger partial charge in [-0.3, -0.25) is 0 Å². The summed E-state index contributed by atoms with van der Waals surface area (Å²) in [6, 6.07) is 0. The van der Waals surface area contributed by atoms with Crippen molar-refractivity contribution in [3.8, 4) is 0 Å². The summed E-state index contributed by atoms with van der Waals surface area (Å²) in [6.45, 7) is 0.869. The molecular formula is C10H12BrN3. The summed E-state index contributed by atoms with van der Waals surface area (Å²) in [4.78, 5) is 6.66. The zero-order chi connectivity index (χ0) is 9.97. The molecule has 2 aliphatic rings. The fourth-order valence-corrected chi connectivity index (χ4v) is 1.97. The Hall–Kier alpha value is -1.03. The first-order valence-electron chi connectivity index (χ1n) is 4.56. The smallest absolute Gasteiger partial charge is 0.125 e. The van der Waals surface area contributed by atoms with Gasteiger partial charge < -0.3 is 10.2 Å². The summed E-state index contributed by atoms with van der Waals surface area (Å²) in [6.07, 6.45) is 9.15. The molecule has 0 aromatic rings. The van der Waals surface area contributed by atoms with Crippen LogP contribution in [0.3, 0.4) is 0 Å². The molecule has 3 nitrogen and oxygen atoms in total. The van der Waals surface area contributed by atoms with Crippen LogP contribution in [0.1, 0.15) is 6.42 Å². The maximum atomic E-state index is 4.50. The molecule has 0 saturated heterocycles. The fraction of sp³-hybridized carbons (Fsp3) is 0.300. The van der Waals surface area contributed by atoms with E-state index in [1.54, 1.807) is 0 Å². The highest BCUT2D eigenvalue weighted by Gasteiger charge is 2.17. The van der Waals surface area contributed by atoms with Gasteiger partial charge in [0.1, 0.15) is 11.7 Å². The van der Waals surface area contributed by atoms with Crippen molar-refractivity contribution in [1.82, 2.24) is 10.2 Å². The summed E-state index contributed by atoms with van der Waals surface area (Å²) in [5.74, 6) is 2.03. The van der Waals surface area contributed by atoms with Crippen molar-refractivity contribution in [3.63, 3.8) is 0 Å². The molecule has 74 valence electrons. The molecule has 14 heavy (non-hydrogen) atoms. The first-order chi connectivity index (χ1) is 6.81. The van der Waals surface area contributed by atoms with E-state index in [2.05, 4.69) is 43.3 Å². The zero-order valence-electron chi connectivity index (χ0n) is 8.00. The molecule has 1 N–H and O–H groups in total. The van der Waals surface area contributed by atoms with Crippen molar-refractivity contribution in [1.29, 1.82) is 0 Å². The van der Waals surface area contributed by atoms with Crippen LogP contribution in [0.2, 0.25) is 0 Å².